The monoisotopic (exact) mass is 226 g/mol. The third kappa shape index (κ3) is 4.12. The van der Waals surface area contributed by atoms with Gasteiger partial charge in [0.15, 0.2) is 0 Å². The van der Waals surface area contributed by atoms with E-state index in [-0.39, 0.29) is 0 Å². The van der Waals surface area contributed by atoms with E-state index in [1.165, 1.54) is 6.42 Å². The van der Waals surface area contributed by atoms with Crippen LogP contribution < -0.4 is 5.32 Å². The molecule has 94 valence electrons. The fourth-order valence-electron chi connectivity index (χ4n) is 2.23. The molecule has 0 aromatic rings. The van der Waals surface area contributed by atoms with Gasteiger partial charge in [-0.15, -0.1) is 0 Å². The number of rotatable bonds is 5. The van der Waals surface area contributed by atoms with Crippen molar-refractivity contribution in [3.8, 4) is 0 Å². The van der Waals surface area contributed by atoms with Crippen LogP contribution in [0.2, 0.25) is 0 Å². The summed E-state index contributed by atoms with van der Waals surface area (Å²) in [4.78, 5) is 14.1. The molecule has 16 heavy (non-hydrogen) atoms. The number of amides is 1. The summed E-state index contributed by atoms with van der Waals surface area (Å²) in [6.07, 6.45) is 4.16. The standard InChI is InChI=1S/C13H26N2O/c1-4-11(3)9-13(16)15-8-6-7-12(10-15)14-5-2/h11-12,14H,4-10H2,1-3H3. The summed E-state index contributed by atoms with van der Waals surface area (Å²) >= 11 is 0. The highest BCUT2D eigenvalue weighted by molar-refractivity contribution is 5.76. The zero-order valence-electron chi connectivity index (χ0n) is 11.0. The highest BCUT2D eigenvalue weighted by Crippen LogP contribution is 2.14. The number of nitrogens with one attached hydrogen (secondary N) is 1. The van der Waals surface area contributed by atoms with Gasteiger partial charge in [0.05, 0.1) is 0 Å². The number of nitrogens with zero attached hydrogens (tertiary/aromatic N) is 1. The van der Waals surface area contributed by atoms with E-state index >= 15 is 0 Å². The van der Waals surface area contributed by atoms with Crippen LogP contribution in [0.1, 0.15) is 46.5 Å². The largest absolute Gasteiger partial charge is 0.341 e. The fraction of sp³-hybridized carbons (Fsp3) is 0.923. The van der Waals surface area contributed by atoms with Crippen molar-refractivity contribution in [1.82, 2.24) is 10.2 Å². The van der Waals surface area contributed by atoms with E-state index in [1.807, 2.05) is 4.90 Å². The van der Waals surface area contributed by atoms with Gasteiger partial charge in [-0.1, -0.05) is 27.2 Å². The fourth-order valence-corrected chi connectivity index (χ4v) is 2.23. The maximum Gasteiger partial charge on any atom is 0.222 e. The van der Waals surface area contributed by atoms with Crippen LogP contribution in [-0.4, -0.2) is 36.5 Å². The number of likely N-dealkylation sites (tertiary alicyclic amines) is 1. The van der Waals surface area contributed by atoms with E-state index in [0.29, 0.717) is 17.9 Å². The van der Waals surface area contributed by atoms with E-state index in [0.717, 1.165) is 38.9 Å². The Hall–Kier alpha value is -0.570. The topological polar surface area (TPSA) is 32.3 Å². The number of piperidine rings is 1. The Kier molecular flexibility index (Phi) is 5.81. The van der Waals surface area contributed by atoms with Gasteiger partial charge in [0, 0.05) is 25.6 Å². The van der Waals surface area contributed by atoms with Crippen molar-refractivity contribution < 1.29 is 4.79 Å². The molecule has 0 aliphatic carbocycles. The van der Waals surface area contributed by atoms with Crippen molar-refractivity contribution in [3.05, 3.63) is 0 Å². The number of hydrogen-bond donors (Lipinski definition) is 1. The molecule has 2 atom stereocenters. The normalized spacial score (nSPS) is 23.2. The van der Waals surface area contributed by atoms with E-state index < -0.39 is 0 Å². The summed E-state index contributed by atoms with van der Waals surface area (Å²) in [6.45, 7) is 9.29. The lowest BCUT2D eigenvalue weighted by atomic mass is 10.0. The zero-order valence-corrected chi connectivity index (χ0v) is 11.0. The number of hydrogen-bond acceptors (Lipinski definition) is 2. The second-order valence-corrected chi connectivity index (χ2v) is 4.95. The lowest BCUT2D eigenvalue weighted by Crippen LogP contribution is -2.48. The third-order valence-electron chi connectivity index (χ3n) is 3.49. The van der Waals surface area contributed by atoms with Crippen LogP contribution in [0.3, 0.4) is 0 Å². The summed E-state index contributed by atoms with van der Waals surface area (Å²) < 4.78 is 0. The third-order valence-corrected chi connectivity index (χ3v) is 3.49. The van der Waals surface area contributed by atoms with Gasteiger partial charge in [-0.2, -0.15) is 0 Å². The van der Waals surface area contributed by atoms with Crippen molar-refractivity contribution in [1.29, 1.82) is 0 Å². The highest BCUT2D eigenvalue weighted by Gasteiger charge is 2.23. The van der Waals surface area contributed by atoms with Crippen LogP contribution in [0, 0.1) is 5.92 Å². The minimum absolute atomic E-state index is 0.344. The molecule has 0 bridgehead atoms. The second-order valence-electron chi connectivity index (χ2n) is 4.95. The number of carbonyl (C=O) groups is 1. The maximum absolute atomic E-state index is 12.0. The number of likely N-dealkylation sites (N-methyl/N-ethyl adjacent to an activating group) is 1. The second kappa shape index (κ2) is 6.89. The first-order chi connectivity index (χ1) is 7.67. The van der Waals surface area contributed by atoms with Gasteiger partial charge in [-0.05, 0) is 25.3 Å². The Morgan fingerprint density at radius 3 is 2.88 bits per heavy atom. The van der Waals surface area contributed by atoms with Crippen LogP contribution in [0.5, 0.6) is 0 Å². The van der Waals surface area contributed by atoms with Gasteiger partial charge in [0.1, 0.15) is 0 Å². The molecule has 1 fully saturated rings. The molecular formula is C13H26N2O. The summed E-state index contributed by atoms with van der Waals surface area (Å²) in [5.41, 5.74) is 0. The SMILES string of the molecule is CCNC1CCCN(C(=O)CC(C)CC)C1. The summed E-state index contributed by atoms with van der Waals surface area (Å²) in [5.74, 6) is 0.865. The molecule has 3 nitrogen and oxygen atoms in total. The predicted octanol–water partition coefficient (Wildman–Crippen LogP) is 2.02. The number of carbonyl (C=O) groups excluding carboxylic acids is 1. The maximum atomic E-state index is 12.0. The van der Waals surface area contributed by atoms with Crippen LogP contribution in [-0.2, 0) is 4.79 Å². The molecule has 0 aromatic carbocycles. The molecule has 1 rings (SSSR count). The molecule has 2 unspecified atom stereocenters. The molecule has 0 saturated carbocycles. The summed E-state index contributed by atoms with van der Waals surface area (Å²) in [7, 11) is 0. The van der Waals surface area contributed by atoms with E-state index in [1.54, 1.807) is 0 Å². The average molecular weight is 226 g/mol. The first kappa shape index (κ1) is 13.5. The average Bonchev–Trinajstić information content (AvgIpc) is 2.29. The van der Waals surface area contributed by atoms with Crippen molar-refractivity contribution in [2.45, 2.75) is 52.5 Å². The van der Waals surface area contributed by atoms with Gasteiger partial charge in [-0.3, -0.25) is 4.79 Å². The van der Waals surface area contributed by atoms with Crippen molar-refractivity contribution in [2.24, 2.45) is 5.92 Å². The molecule has 0 aromatic heterocycles. The lowest BCUT2D eigenvalue weighted by Gasteiger charge is -2.33. The van der Waals surface area contributed by atoms with Crippen LogP contribution in [0.4, 0.5) is 0 Å². The van der Waals surface area contributed by atoms with Gasteiger partial charge in [0.25, 0.3) is 0 Å². The molecule has 1 aliphatic rings. The molecule has 0 spiro atoms. The van der Waals surface area contributed by atoms with E-state index in [4.69, 9.17) is 0 Å². The molecule has 0 radical (unpaired) electrons. The lowest BCUT2D eigenvalue weighted by molar-refractivity contribution is -0.133. The molecule has 1 heterocycles. The molecule has 1 N–H and O–H groups in total. The highest BCUT2D eigenvalue weighted by atomic mass is 16.2. The Balaban J connectivity index is 2.37. The first-order valence-electron chi connectivity index (χ1n) is 6.68. The van der Waals surface area contributed by atoms with Crippen LogP contribution in [0.15, 0.2) is 0 Å². The van der Waals surface area contributed by atoms with Gasteiger partial charge in [0.2, 0.25) is 5.91 Å². The van der Waals surface area contributed by atoms with Crippen molar-refractivity contribution >= 4 is 5.91 Å². The smallest absolute Gasteiger partial charge is 0.222 e. The zero-order chi connectivity index (χ0) is 12.0. The minimum Gasteiger partial charge on any atom is -0.341 e. The van der Waals surface area contributed by atoms with Gasteiger partial charge < -0.3 is 10.2 Å². The summed E-state index contributed by atoms with van der Waals surface area (Å²) in [6, 6.07) is 0.514. The van der Waals surface area contributed by atoms with Crippen molar-refractivity contribution in [2.75, 3.05) is 19.6 Å². The molecular weight excluding hydrogens is 200 g/mol. The first-order valence-corrected chi connectivity index (χ1v) is 6.68. The quantitative estimate of drug-likeness (QED) is 0.778. The van der Waals surface area contributed by atoms with Crippen molar-refractivity contribution in [3.63, 3.8) is 0 Å². The molecule has 1 amide bonds. The molecule has 1 aliphatic heterocycles. The van der Waals surface area contributed by atoms with Gasteiger partial charge >= 0.3 is 0 Å². The van der Waals surface area contributed by atoms with E-state index in [9.17, 15) is 4.79 Å². The van der Waals surface area contributed by atoms with Crippen LogP contribution >= 0.6 is 0 Å². The Morgan fingerprint density at radius 2 is 2.25 bits per heavy atom. The molecule has 1 saturated heterocycles. The Bertz CT molecular complexity index is 216. The van der Waals surface area contributed by atoms with Crippen LogP contribution in [0.25, 0.3) is 0 Å². The Morgan fingerprint density at radius 1 is 1.50 bits per heavy atom. The summed E-state index contributed by atoms with van der Waals surface area (Å²) in [5, 5.41) is 3.44. The molecule has 3 heteroatoms. The van der Waals surface area contributed by atoms with Gasteiger partial charge in [-0.25, -0.2) is 0 Å². The Labute approximate surface area is 99.6 Å². The predicted molar refractivity (Wildman–Crippen MR) is 67.4 cm³/mol. The minimum atomic E-state index is 0.344. The van der Waals surface area contributed by atoms with E-state index in [2.05, 4.69) is 26.1 Å².